The van der Waals surface area contributed by atoms with Gasteiger partial charge in [0.25, 0.3) is 10.0 Å². The van der Waals surface area contributed by atoms with Crippen molar-refractivity contribution in [2.45, 2.75) is 4.90 Å². The first-order valence-electron chi connectivity index (χ1n) is 9.05. The van der Waals surface area contributed by atoms with Crippen molar-refractivity contribution in [2.24, 2.45) is 0 Å². The second-order valence-corrected chi connectivity index (χ2v) is 8.20. The van der Waals surface area contributed by atoms with E-state index in [-0.39, 0.29) is 27.6 Å². The van der Waals surface area contributed by atoms with Crippen molar-refractivity contribution in [1.82, 2.24) is 0 Å². The van der Waals surface area contributed by atoms with E-state index in [1.807, 2.05) is 24.3 Å². The topological polar surface area (TPSA) is 92.7 Å². The average Bonchev–Trinajstić information content (AvgIpc) is 2.75. The lowest BCUT2D eigenvalue weighted by molar-refractivity contribution is 0.0694. The highest BCUT2D eigenvalue weighted by Gasteiger charge is 2.18. The molecule has 4 aromatic rings. The van der Waals surface area contributed by atoms with Crippen LogP contribution >= 0.6 is 0 Å². The monoisotopic (exact) mass is 419 g/mol. The van der Waals surface area contributed by atoms with Crippen LogP contribution in [0.25, 0.3) is 10.8 Å². The van der Waals surface area contributed by atoms with Gasteiger partial charge in [-0.3, -0.25) is 4.72 Å². The van der Waals surface area contributed by atoms with Crippen molar-refractivity contribution in [3.05, 3.63) is 96.6 Å². The molecule has 0 saturated carbocycles. The third-order valence-corrected chi connectivity index (χ3v) is 5.86. The van der Waals surface area contributed by atoms with Crippen molar-refractivity contribution in [2.75, 3.05) is 4.72 Å². The zero-order chi connectivity index (χ0) is 21.1. The summed E-state index contributed by atoms with van der Waals surface area (Å²) in [6, 6.07) is 25.0. The summed E-state index contributed by atoms with van der Waals surface area (Å²) in [4.78, 5) is 11.5. The van der Waals surface area contributed by atoms with Crippen LogP contribution in [0.3, 0.4) is 0 Å². The highest BCUT2D eigenvalue weighted by atomic mass is 32.2. The molecule has 0 aliphatic heterocycles. The minimum atomic E-state index is -3.89. The van der Waals surface area contributed by atoms with Crippen LogP contribution in [0.5, 0.6) is 11.5 Å². The number of sulfonamides is 1. The number of benzene rings is 4. The van der Waals surface area contributed by atoms with Gasteiger partial charge in [-0.1, -0.05) is 54.6 Å². The molecule has 0 bridgehead atoms. The first-order valence-corrected chi connectivity index (χ1v) is 10.5. The summed E-state index contributed by atoms with van der Waals surface area (Å²) in [5, 5.41) is 11.1. The zero-order valence-corrected chi connectivity index (χ0v) is 16.5. The number of anilines is 1. The Balaban J connectivity index is 1.68. The lowest BCUT2D eigenvalue weighted by atomic mass is 10.1. The van der Waals surface area contributed by atoms with Crippen LogP contribution in [0.2, 0.25) is 0 Å². The van der Waals surface area contributed by atoms with Crippen LogP contribution in [0.4, 0.5) is 5.69 Å². The number of carbonyl (C=O) groups is 1. The number of aromatic carboxylic acids is 1. The zero-order valence-electron chi connectivity index (χ0n) is 15.6. The van der Waals surface area contributed by atoms with E-state index < -0.39 is 16.0 Å². The molecule has 0 amide bonds. The second kappa shape index (κ2) is 7.88. The van der Waals surface area contributed by atoms with Gasteiger partial charge in [-0.15, -0.1) is 0 Å². The van der Waals surface area contributed by atoms with Gasteiger partial charge < -0.3 is 9.84 Å². The molecular weight excluding hydrogens is 402 g/mol. The van der Waals surface area contributed by atoms with Crippen molar-refractivity contribution in [1.29, 1.82) is 0 Å². The lowest BCUT2D eigenvalue weighted by Gasteiger charge is -2.14. The average molecular weight is 419 g/mol. The molecule has 0 atom stereocenters. The fourth-order valence-electron chi connectivity index (χ4n) is 3.03. The van der Waals surface area contributed by atoms with Crippen molar-refractivity contribution in [3.63, 3.8) is 0 Å². The fourth-order valence-corrected chi connectivity index (χ4v) is 4.13. The first-order chi connectivity index (χ1) is 14.4. The van der Waals surface area contributed by atoms with Crippen LogP contribution in [-0.2, 0) is 10.0 Å². The molecular formula is C23H17NO5S. The summed E-state index contributed by atoms with van der Waals surface area (Å²) in [7, 11) is -3.89. The Hall–Kier alpha value is -3.84. The summed E-state index contributed by atoms with van der Waals surface area (Å²) >= 11 is 0. The van der Waals surface area contributed by atoms with E-state index in [1.165, 1.54) is 18.2 Å². The second-order valence-electron chi connectivity index (χ2n) is 6.51. The molecule has 7 heteroatoms. The maximum absolute atomic E-state index is 13.0. The number of carboxylic acids is 1. The molecule has 0 fully saturated rings. The number of para-hydroxylation sites is 3. The molecule has 0 aliphatic carbocycles. The van der Waals surface area contributed by atoms with Crippen molar-refractivity contribution < 1.29 is 23.1 Å². The molecule has 0 saturated heterocycles. The Kier molecular flexibility index (Phi) is 5.12. The van der Waals surface area contributed by atoms with E-state index in [0.29, 0.717) is 0 Å². The van der Waals surface area contributed by atoms with Gasteiger partial charge in [0.2, 0.25) is 0 Å². The molecule has 0 radical (unpaired) electrons. The smallest absolute Gasteiger partial charge is 0.339 e. The molecule has 0 unspecified atom stereocenters. The molecule has 30 heavy (non-hydrogen) atoms. The fraction of sp³-hybridized carbons (Fsp3) is 0. The Morgan fingerprint density at radius 2 is 1.40 bits per heavy atom. The van der Waals surface area contributed by atoms with Gasteiger partial charge in [-0.25, -0.2) is 13.2 Å². The Morgan fingerprint density at radius 3 is 2.17 bits per heavy atom. The third kappa shape index (κ3) is 3.97. The molecule has 0 aromatic heterocycles. The summed E-state index contributed by atoms with van der Waals surface area (Å²) in [6.07, 6.45) is 0. The minimum absolute atomic E-state index is 0.0234. The van der Waals surface area contributed by atoms with Gasteiger partial charge in [0.1, 0.15) is 11.3 Å². The third-order valence-electron chi connectivity index (χ3n) is 4.50. The molecule has 0 heterocycles. The number of fused-ring (bicyclic) bond motifs is 1. The van der Waals surface area contributed by atoms with Gasteiger partial charge in [0, 0.05) is 0 Å². The number of hydrogen-bond acceptors (Lipinski definition) is 4. The standard InChI is InChI=1S/C23H17NO5S/c25-23(26)19-9-3-5-11-21(19)29-22-12-6-4-10-20(22)24-30(27,28)18-14-13-16-7-1-2-8-17(16)15-18/h1-15,24H,(H,25,26). The normalized spacial score (nSPS) is 11.2. The largest absolute Gasteiger partial charge is 0.478 e. The quantitative estimate of drug-likeness (QED) is 0.452. The Bertz CT molecular complexity index is 1350. The van der Waals surface area contributed by atoms with Gasteiger partial charge in [-0.2, -0.15) is 0 Å². The van der Waals surface area contributed by atoms with Crippen molar-refractivity contribution >= 4 is 32.5 Å². The summed E-state index contributed by atoms with van der Waals surface area (Å²) in [6.45, 7) is 0. The predicted molar refractivity (Wildman–Crippen MR) is 115 cm³/mol. The first kappa shape index (κ1) is 19.5. The van der Waals surface area contributed by atoms with E-state index in [2.05, 4.69) is 4.72 Å². The maximum atomic E-state index is 13.0. The molecule has 2 N–H and O–H groups in total. The van der Waals surface area contributed by atoms with Crippen molar-refractivity contribution in [3.8, 4) is 11.5 Å². The number of hydrogen-bond donors (Lipinski definition) is 2. The molecule has 4 aromatic carbocycles. The van der Waals surface area contributed by atoms with E-state index in [9.17, 15) is 18.3 Å². The lowest BCUT2D eigenvalue weighted by Crippen LogP contribution is -2.13. The maximum Gasteiger partial charge on any atom is 0.339 e. The molecule has 0 spiro atoms. The summed E-state index contributed by atoms with van der Waals surface area (Å²) in [5.41, 5.74) is 0.176. The number of carboxylic acid groups (broad SMARTS) is 1. The minimum Gasteiger partial charge on any atom is -0.478 e. The summed E-state index contributed by atoms with van der Waals surface area (Å²) in [5.74, 6) is -0.835. The van der Waals surface area contributed by atoms with Gasteiger partial charge in [0.05, 0.1) is 10.6 Å². The van der Waals surface area contributed by atoms with E-state index in [4.69, 9.17) is 4.74 Å². The SMILES string of the molecule is O=C(O)c1ccccc1Oc1ccccc1NS(=O)(=O)c1ccc2ccccc2c1. The number of nitrogens with one attached hydrogen (secondary N) is 1. The number of ether oxygens (including phenoxy) is 1. The van der Waals surface area contributed by atoms with Gasteiger partial charge >= 0.3 is 5.97 Å². The van der Waals surface area contributed by atoms with Crippen LogP contribution in [0.15, 0.2) is 95.9 Å². The van der Waals surface area contributed by atoms with Crippen LogP contribution in [-0.4, -0.2) is 19.5 Å². The van der Waals surface area contributed by atoms with E-state index >= 15 is 0 Å². The van der Waals surface area contributed by atoms with Crippen LogP contribution < -0.4 is 9.46 Å². The summed E-state index contributed by atoms with van der Waals surface area (Å²) < 4.78 is 34.2. The van der Waals surface area contributed by atoms with Crippen LogP contribution in [0, 0.1) is 0 Å². The van der Waals surface area contributed by atoms with Gasteiger partial charge in [0.15, 0.2) is 5.75 Å². The Labute approximate surface area is 173 Å². The predicted octanol–water partition coefficient (Wildman–Crippen LogP) is 5.13. The van der Waals surface area contributed by atoms with Gasteiger partial charge in [-0.05, 0) is 47.2 Å². The van der Waals surface area contributed by atoms with Crippen LogP contribution in [0.1, 0.15) is 10.4 Å². The highest BCUT2D eigenvalue weighted by Crippen LogP contribution is 2.33. The van der Waals surface area contributed by atoms with E-state index in [1.54, 1.807) is 48.5 Å². The molecule has 4 rings (SSSR count). The molecule has 150 valence electrons. The molecule has 6 nitrogen and oxygen atoms in total. The highest BCUT2D eigenvalue weighted by molar-refractivity contribution is 7.92. The number of rotatable bonds is 6. The molecule has 0 aliphatic rings. The Morgan fingerprint density at radius 1 is 0.767 bits per heavy atom. The van der Waals surface area contributed by atoms with E-state index in [0.717, 1.165) is 10.8 Å².